The van der Waals surface area contributed by atoms with Crippen molar-refractivity contribution in [2.24, 2.45) is 0 Å². The second-order valence-corrected chi connectivity index (χ2v) is 7.40. The fraction of sp³-hybridized carbons (Fsp3) is 0.200. The normalized spacial score (nSPS) is 14.4. The van der Waals surface area contributed by atoms with Crippen molar-refractivity contribution in [3.05, 3.63) is 59.7 Å². The number of carbonyl (C=O) groups excluding carboxylic acids is 3. The smallest absolute Gasteiger partial charge is 0.262 e. The molecule has 0 fully saturated rings. The molecular weight excluding hydrogens is 376 g/mol. The molecule has 28 heavy (non-hydrogen) atoms. The van der Waals surface area contributed by atoms with Gasteiger partial charge < -0.3 is 4.98 Å². The summed E-state index contributed by atoms with van der Waals surface area (Å²) in [5, 5.41) is 2.72. The highest BCUT2D eigenvalue weighted by Gasteiger charge is 2.42. The van der Waals surface area contributed by atoms with Crippen LogP contribution in [0.25, 0.3) is 11.0 Å². The third kappa shape index (κ3) is 3.16. The molecule has 0 unspecified atom stereocenters. The van der Waals surface area contributed by atoms with E-state index in [0.717, 1.165) is 15.9 Å². The molecule has 0 saturated heterocycles. The molecule has 1 aromatic heterocycles. The summed E-state index contributed by atoms with van der Waals surface area (Å²) in [5.41, 5.74) is 2.18. The van der Waals surface area contributed by atoms with Gasteiger partial charge in [-0.3, -0.25) is 24.6 Å². The predicted molar refractivity (Wildman–Crippen MR) is 108 cm³/mol. The summed E-state index contributed by atoms with van der Waals surface area (Å²) in [6.07, 6.45) is 2.27. The van der Waals surface area contributed by atoms with Gasteiger partial charge in [0.2, 0.25) is 11.9 Å². The highest BCUT2D eigenvalue weighted by atomic mass is 32.2. The first-order chi connectivity index (χ1) is 13.6. The fourth-order valence-corrected chi connectivity index (χ4v) is 3.77. The van der Waals surface area contributed by atoms with E-state index in [2.05, 4.69) is 15.3 Å². The number of hydrogen-bond acceptors (Lipinski definition) is 5. The quantitative estimate of drug-likeness (QED) is 0.627. The topological polar surface area (TPSA) is 95.2 Å². The molecule has 8 heteroatoms. The van der Waals surface area contributed by atoms with Crippen molar-refractivity contribution in [3.8, 4) is 0 Å². The zero-order chi connectivity index (χ0) is 19.7. The third-order valence-electron chi connectivity index (χ3n) is 4.67. The standard InChI is InChI=1S/C20H18N4O3S/c1-28-11-10-16(24-18(26)12-6-2-3-7-13(12)19(24)27)17(25)23-20-21-14-8-4-5-9-15(14)22-20/h2-9,16H,10-11H2,1H3,(H2,21,22,23,25)/t16-/m1/s1. The van der Waals surface area contributed by atoms with Gasteiger partial charge in [-0.25, -0.2) is 4.98 Å². The number of thioether (sulfide) groups is 1. The number of amides is 3. The van der Waals surface area contributed by atoms with Crippen molar-refractivity contribution in [1.82, 2.24) is 14.9 Å². The summed E-state index contributed by atoms with van der Waals surface area (Å²) >= 11 is 1.55. The minimum absolute atomic E-state index is 0.289. The highest BCUT2D eigenvalue weighted by molar-refractivity contribution is 7.98. The first kappa shape index (κ1) is 18.2. The number of fused-ring (bicyclic) bond motifs is 2. The third-order valence-corrected chi connectivity index (χ3v) is 5.31. The van der Waals surface area contributed by atoms with Crippen LogP contribution in [-0.4, -0.2) is 50.6 Å². The maximum Gasteiger partial charge on any atom is 0.262 e. The van der Waals surface area contributed by atoms with Crippen LogP contribution >= 0.6 is 11.8 Å². The Morgan fingerprint density at radius 1 is 1.11 bits per heavy atom. The second-order valence-electron chi connectivity index (χ2n) is 6.41. The van der Waals surface area contributed by atoms with Crippen LogP contribution in [0.15, 0.2) is 48.5 Å². The largest absolute Gasteiger partial charge is 0.324 e. The van der Waals surface area contributed by atoms with E-state index in [1.54, 1.807) is 36.0 Å². The SMILES string of the molecule is CSCC[C@H](C(=O)Nc1nc2ccccc2[nH]1)N1C(=O)c2ccccc2C1=O. The predicted octanol–water partition coefficient (Wildman–Crippen LogP) is 2.92. The molecule has 0 bridgehead atoms. The van der Waals surface area contributed by atoms with Crippen molar-refractivity contribution in [2.45, 2.75) is 12.5 Å². The molecule has 0 aliphatic carbocycles. The number of aromatic amines is 1. The van der Waals surface area contributed by atoms with Gasteiger partial charge in [-0.2, -0.15) is 11.8 Å². The van der Waals surface area contributed by atoms with E-state index >= 15 is 0 Å². The Labute approximate surface area is 165 Å². The molecule has 0 spiro atoms. The lowest BCUT2D eigenvalue weighted by atomic mass is 10.1. The number of H-pyrrole nitrogens is 1. The number of carbonyl (C=O) groups is 3. The van der Waals surface area contributed by atoms with Gasteiger partial charge in [0.1, 0.15) is 6.04 Å². The van der Waals surface area contributed by atoms with Crippen molar-refractivity contribution in [1.29, 1.82) is 0 Å². The number of nitrogens with zero attached hydrogens (tertiary/aromatic N) is 2. The Bertz CT molecular complexity index is 1010. The first-order valence-electron chi connectivity index (χ1n) is 8.81. The molecule has 3 amide bonds. The van der Waals surface area contributed by atoms with Crippen LogP contribution in [0.2, 0.25) is 0 Å². The van der Waals surface area contributed by atoms with Crippen molar-refractivity contribution in [2.75, 3.05) is 17.3 Å². The Morgan fingerprint density at radius 3 is 2.39 bits per heavy atom. The minimum atomic E-state index is -0.909. The van der Waals surface area contributed by atoms with Gasteiger partial charge in [-0.1, -0.05) is 24.3 Å². The average Bonchev–Trinajstić information content (AvgIpc) is 3.22. The summed E-state index contributed by atoms with van der Waals surface area (Å²) in [6.45, 7) is 0. The molecular formula is C20H18N4O3S. The fourth-order valence-electron chi connectivity index (χ4n) is 3.31. The molecule has 0 radical (unpaired) electrons. The maximum atomic E-state index is 13.0. The molecule has 2 N–H and O–H groups in total. The van der Waals surface area contributed by atoms with Gasteiger partial charge in [0.15, 0.2) is 0 Å². The molecule has 0 saturated carbocycles. The average molecular weight is 394 g/mol. The van der Waals surface area contributed by atoms with E-state index in [1.807, 2.05) is 30.5 Å². The summed E-state index contributed by atoms with van der Waals surface area (Å²) < 4.78 is 0. The number of hydrogen-bond donors (Lipinski definition) is 2. The number of aromatic nitrogens is 2. The summed E-state index contributed by atoms with van der Waals surface area (Å²) in [7, 11) is 0. The van der Waals surface area contributed by atoms with E-state index in [1.165, 1.54) is 0 Å². The summed E-state index contributed by atoms with van der Waals surface area (Å²) in [4.78, 5) is 47.0. The van der Waals surface area contributed by atoms with Gasteiger partial charge >= 0.3 is 0 Å². The van der Waals surface area contributed by atoms with Crippen LogP contribution < -0.4 is 5.32 Å². The molecule has 3 aromatic rings. The summed E-state index contributed by atoms with van der Waals surface area (Å²) in [6, 6.07) is 13.1. The number of nitrogens with one attached hydrogen (secondary N) is 2. The number of benzene rings is 2. The van der Waals surface area contributed by atoms with Crippen LogP contribution in [0.5, 0.6) is 0 Å². The van der Waals surface area contributed by atoms with Gasteiger partial charge in [-0.05, 0) is 42.7 Å². The van der Waals surface area contributed by atoms with Crippen molar-refractivity contribution in [3.63, 3.8) is 0 Å². The Balaban J connectivity index is 1.61. The molecule has 1 aliphatic rings. The zero-order valence-electron chi connectivity index (χ0n) is 15.1. The van der Waals surface area contributed by atoms with E-state index in [0.29, 0.717) is 23.3 Å². The van der Waals surface area contributed by atoms with Crippen molar-refractivity contribution >= 4 is 46.5 Å². The molecule has 7 nitrogen and oxygen atoms in total. The lowest BCUT2D eigenvalue weighted by Gasteiger charge is -2.24. The molecule has 2 heterocycles. The van der Waals surface area contributed by atoms with Crippen LogP contribution in [0.3, 0.4) is 0 Å². The monoisotopic (exact) mass is 394 g/mol. The van der Waals surface area contributed by atoms with E-state index in [9.17, 15) is 14.4 Å². The van der Waals surface area contributed by atoms with Crippen LogP contribution in [-0.2, 0) is 4.79 Å². The lowest BCUT2D eigenvalue weighted by molar-refractivity contribution is -0.120. The molecule has 1 aliphatic heterocycles. The second kappa shape index (κ2) is 7.47. The van der Waals surface area contributed by atoms with E-state index in [-0.39, 0.29) is 5.95 Å². The highest BCUT2D eigenvalue weighted by Crippen LogP contribution is 2.26. The Hall–Kier alpha value is -3.13. The van der Waals surface area contributed by atoms with E-state index < -0.39 is 23.8 Å². The summed E-state index contributed by atoms with van der Waals surface area (Å²) in [5.74, 6) is -0.400. The first-order valence-corrected chi connectivity index (χ1v) is 10.2. The van der Waals surface area contributed by atoms with E-state index in [4.69, 9.17) is 0 Å². The number of imidazole rings is 1. The van der Waals surface area contributed by atoms with Gasteiger partial charge in [0, 0.05) is 0 Å². The van der Waals surface area contributed by atoms with Gasteiger partial charge in [0.05, 0.1) is 22.2 Å². The number of para-hydroxylation sites is 2. The van der Waals surface area contributed by atoms with Crippen LogP contribution in [0, 0.1) is 0 Å². The zero-order valence-corrected chi connectivity index (χ0v) is 16.0. The van der Waals surface area contributed by atoms with Crippen LogP contribution in [0.4, 0.5) is 5.95 Å². The number of rotatable bonds is 6. The Kier molecular flexibility index (Phi) is 4.87. The van der Waals surface area contributed by atoms with Crippen LogP contribution in [0.1, 0.15) is 27.1 Å². The number of imide groups is 1. The molecule has 1 atom stereocenters. The molecule has 2 aromatic carbocycles. The van der Waals surface area contributed by atoms with Gasteiger partial charge in [-0.15, -0.1) is 0 Å². The maximum absolute atomic E-state index is 13.0. The molecule has 4 rings (SSSR count). The lowest BCUT2D eigenvalue weighted by Crippen LogP contribution is -2.47. The van der Waals surface area contributed by atoms with Gasteiger partial charge in [0.25, 0.3) is 11.8 Å². The Morgan fingerprint density at radius 2 is 1.75 bits per heavy atom. The van der Waals surface area contributed by atoms with Crippen molar-refractivity contribution < 1.29 is 14.4 Å². The molecule has 142 valence electrons. The number of anilines is 1. The minimum Gasteiger partial charge on any atom is -0.324 e.